The van der Waals surface area contributed by atoms with Crippen LogP contribution in [0, 0.1) is 0 Å². The van der Waals surface area contributed by atoms with Gasteiger partial charge in [0.15, 0.2) is 0 Å². The summed E-state index contributed by atoms with van der Waals surface area (Å²) < 4.78 is 1.77. The molecule has 1 amide bonds. The van der Waals surface area contributed by atoms with Crippen molar-refractivity contribution < 1.29 is 14.7 Å². The molecule has 0 aliphatic rings. The van der Waals surface area contributed by atoms with Crippen molar-refractivity contribution in [3.63, 3.8) is 0 Å². The van der Waals surface area contributed by atoms with Gasteiger partial charge in [-0.25, -0.2) is 4.79 Å². The number of aromatic nitrogens is 1. The Bertz CT molecular complexity index is 686. The average Bonchev–Trinajstić information content (AvgIpc) is 2.85. The topological polar surface area (TPSA) is 71.3 Å². The summed E-state index contributed by atoms with van der Waals surface area (Å²) in [7, 11) is 0. The van der Waals surface area contributed by atoms with E-state index in [1.165, 1.54) is 0 Å². The van der Waals surface area contributed by atoms with Gasteiger partial charge in [0.1, 0.15) is 12.6 Å². The van der Waals surface area contributed by atoms with Gasteiger partial charge in [0, 0.05) is 22.1 Å². The fourth-order valence-corrected chi connectivity index (χ4v) is 2.85. The number of carbonyl (C=O) groups excluding carboxylic acids is 1. The van der Waals surface area contributed by atoms with Crippen molar-refractivity contribution in [1.82, 2.24) is 9.88 Å². The Morgan fingerprint density at radius 2 is 2.18 bits per heavy atom. The van der Waals surface area contributed by atoms with Crippen molar-refractivity contribution in [2.24, 2.45) is 0 Å². The molecular formula is C15H17ClN2O3S. The third kappa shape index (κ3) is 4.18. The zero-order valence-electron chi connectivity index (χ0n) is 12.1. The van der Waals surface area contributed by atoms with Gasteiger partial charge < -0.3 is 15.0 Å². The van der Waals surface area contributed by atoms with E-state index >= 15 is 0 Å². The minimum Gasteiger partial charge on any atom is -0.480 e. The standard InChI is InChI=1S/C15H17ClN2O3S/c1-22-7-5-12(15(20)21)17-14(19)9-18-6-4-10-8-11(16)2-3-13(10)18/h2-4,6,8,12H,5,7,9H2,1H3,(H,17,19)(H,20,21)/t12-/m1/s1. The Kier molecular flexibility index (Phi) is 5.74. The molecule has 2 aromatic rings. The summed E-state index contributed by atoms with van der Waals surface area (Å²) in [4.78, 5) is 23.2. The molecule has 0 aliphatic heterocycles. The van der Waals surface area contributed by atoms with Gasteiger partial charge in [0.2, 0.25) is 5.91 Å². The van der Waals surface area contributed by atoms with Crippen LogP contribution in [-0.2, 0) is 16.1 Å². The van der Waals surface area contributed by atoms with Crippen LogP contribution < -0.4 is 5.32 Å². The second kappa shape index (κ2) is 7.56. The molecule has 0 unspecified atom stereocenters. The van der Waals surface area contributed by atoms with Crippen LogP contribution in [0.1, 0.15) is 6.42 Å². The van der Waals surface area contributed by atoms with Gasteiger partial charge in [0.05, 0.1) is 0 Å². The maximum Gasteiger partial charge on any atom is 0.326 e. The van der Waals surface area contributed by atoms with Gasteiger partial charge in [-0.15, -0.1) is 0 Å². The molecule has 2 N–H and O–H groups in total. The number of carboxylic acids is 1. The van der Waals surface area contributed by atoms with Crippen molar-refractivity contribution in [2.75, 3.05) is 12.0 Å². The number of benzene rings is 1. The number of nitrogens with one attached hydrogen (secondary N) is 1. The Labute approximate surface area is 137 Å². The molecule has 7 heteroatoms. The Balaban J connectivity index is 2.05. The quantitative estimate of drug-likeness (QED) is 0.812. The highest BCUT2D eigenvalue weighted by Gasteiger charge is 2.19. The number of aliphatic carboxylic acids is 1. The minimum absolute atomic E-state index is 0.0776. The van der Waals surface area contributed by atoms with E-state index in [4.69, 9.17) is 16.7 Å². The summed E-state index contributed by atoms with van der Waals surface area (Å²) in [6.07, 6.45) is 4.10. The molecule has 1 aromatic heterocycles. The van der Waals surface area contributed by atoms with Gasteiger partial charge in [-0.2, -0.15) is 11.8 Å². The number of hydrogen-bond acceptors (Lipinski definition) is 3. The molecular weight excluding hydrogens is 324 g/mol. The van der Waals surface area contributed by atoms with Crippen LogP contribution in [0.2, 0.25) is 5.02 Å². The van der Waals surface area contributed by atoms with Crippen LogP contribution in [0.3, 0.4) is 0 Å². The number of amides is 1. The summed E-state index contributed by atoms with van der Waals surface area (Å²) in [5, 5.41) is 13.3. The second-order valence-electron chi connectivity index (χ2n) is 4.89. The van der Waals surface area contributed by atoms with E-state index in [9.17, 15) is 9.59 Å². The molecule has 0 saturated heterocycles. The maximum atomic E-state index is 12.1. The lowest BCUT2D eigenvalue weighted by molar-refractivity contribution is -0.141. The van der Waals surface area contributed by atoms with Crippen LogP contribution in [0.25, 0.3) is 10.9 Å². The number of hydrogen-bond donors (Lipinski definition) is 2. The monoisotopic (exact) mass is 340 g/mol. The highest BCUT2D eigenvalue weighted by atomic mass is 35.5. The molecule has 0 fully saturated rings. The van der Waals surface area contributed by atoms with Gasteiger partial charge in [-0.1, -0.05) is 11.6 Å². The number of carboxylic acid groups (broad SMARTS) is 1. The number of carbonyl (C=O) groups is 2. The molecule has 2 rings (SSSR count). The Hall–Kier alpha value is -1.66. The first kappa shape index (κ1) is 16.7. The van der Waals surface area contributed by atoms with E-state index in [1.807, 2.05) is 24.5 Å². The summed E-state index contributed by atoms with van der Waals surface area (Å²) in [5.74, 6) is -0.644. The third-order valence-corrected chi connectivity index (χ3v) is 4.17. The van der Waals surface area contributed by atoms with Crippen molar-refractivity contribution in [3.8, 4) is 0 Å². The summed E-state index contributed by atoms with van der Waals surface area (Å²) in [6.45, 7) is 0.0776. The van der Waals surface area contributed by atoms with E-state index in [2.05, 4.69) is 5.32 Å². The van der Waals surface area contributed by atoms with E-state index in [0.717, 1.165) is 10.9 Å². The molecule has 0 radical (unpaired) electrons. The minimum atomic E-state index is -1.01. The fourth-order valence-electron chi connectivity index (χ4n) is 2.20. The summed E-state index contributed by atoms with van der Waals surface area (Å²) in [6, 6.07) is 6.45. The first-order valence-corrected chi connectivity index (χ1v) is 8.54. The van der Waals surface area contributed by atoms with Crippen LogP contribution in [0.15, 0.2) is 30.5 Å². The zero-order chi connectivity index (χ0) is 16.1. The molecule has 1 heterocycles. The van der Waals surface area contributed by atoms with E-state index < -0.39 is 12.0 Å². The lowest BCUT2D eigenvalue weighted by atomic mass is 10.2. The number of halogens is 1. The number of thioether (sulfide) groups is 1. The molecule has 1 aromatic carbocycles. The van der Waals surface area contributed by atoms with Crippen molar-refractivity contribution in [3.05, 3.63) is 35.5 Å². The van der Waals surface area contributed by atoms with Gasteiger partial charge >= 0.3 is 5.97 Å². The van der Waals surface area contributed by atoms with Crippen molar-refractivity contribution in [1.29, 1.82) is 0 Å². The van der Waals surface area contributed by atoms with Crippen LogP contribution in [0.4, 0.5) is 0 Å². The Morgan fingerprint density at radius 1 is 1.41 bits per heavy atom. The zero-order valence-corrected chi connectivity index (χ0v) is 13.7. The molecule has 22 heavy (non-hydrogen) atoms. The molecule has 0 bridgehead atoms. The smallest absolute Gasteiger partial charge is 0.326 e. The van der Waals surface area contributed by atoms with Gasteiger partial charge in [-0.05, 0) is 42.7 Å². The highest BCUT2D eigenvalue weighted by Crippen LogP contribution is 2.20. The first-order chi connectivity index (χ1) is 10.5. The van der Waals surface area contributed by atoms with Crippen LogP contribution in [0.5, 0.6) is 0 Å². The van der Waals surface area contributed by atoms with Crippen molar-refractivity contribution >= 4 is 46.1 Å². The van der Waals surface area contributed by atoms with Gasteiger partial charge in [-0.3, -0.25) is 4.79 Å². The maximum absolute atomic E-state index is 12.1. The fraction of sp³-hybridized carbons (Fsp3) is 0.333. The second-order valence-corrected chi connectivity index (χ2v) is 6.31. The third-order valence-electron chi connectivity index (χ3n) is 3.29. The first-order valence-electron chi connectivity index (χ1n) is 6.76. The largest absolute Gasteiger partial charge is 0.480 e. The molecule has 0 aliphatic carbocycles. The molecule has 118 valence electrons. The molecule has 5 nitrogen and oxygen atoms in total. The highest BCUT2D eigenvalue weighted by molar-refractivity contribution is 7.98. The number of rotatable bonds is 7. The van der Waals surface area contributed by atoms with E-state index in [0.29, 0.717) is 17.2 Å². The van der Waals surface area contributed by atoms with Gasteiger partial charge in [0.25, 0.3) is 0 Å². The average molecular weight is 341 g/mol. The molecule has 1 atom stereocenters. The summed E-state index contributed by atoms with van der Waals surface area (Å²) in [5.41, 5.74) is 0.885. The van der Waals surface area contributed by atoms with E-state index in [-0.39, 0.29) is 12.5 Å². The number of fused-ring (bicyclic) bond motifs is 1. The summed E-state index contributed by atoms with van der Waals surface area (Å²) >= 11 is 7.48. The van der Waals surface area contributed by atoms with Crippen LogP contribution >= 0.6 is 23.4 Å². The normalized spacial score (nSPS) is 12.3. The SMILES string of the molecule is CSCC[C@@H](NC(=O)Cn1ccc2cc(Cl)ccc21)C(=O)O. The predicted molar refractivity (Wildman–Crippen MR) is 89.5 cm³/mol. The van der Waals surface area contributed by atoms with Crippen molar-refractivity contribution in [2.45, 2.75) is 19.0 Å². The lowest BCUT2D eigenvalue weighted by Crippen LogP contribution is -2.42. The molecule has 0 saturated carbocycles. The Morgan fingerprint density at radius 3 is 2.86 bits per heavy atom. The van der Waals surface area contributed by atoms with Crippen LogP contribution in [-0.4, -0.2) is 39.6 Å². The predicted octanol–water partition coefficient (Wildman–Crippen LogP) is 2.62. The lowest BCUT2D eigenvalue weighted by Gasteiger charge is -2.14. The van der Waals surface area contributed by atoms with E-state index in [1.54, 1.807) is 28.6 Å². The molecule has 0 spiro atoms. The number of nitrogens with zero attached hydrogens (tertiary/aromatic N) is 1.